The summed E-state index contributed by atoms with van der Waals surface area (Å²) in [6.45, 7) is 2.55. The summed E-state index contributed by atoms with van der Waals surface area (Å²) in [5, 5.41) is 3.69. The highest BCUT2D eigenvalue weighted by Gasteiger charge is 2.22. The SMILES string of the molecule is COc1cc(NC(=O)N2CCN(c3ccncc3Cl)CC2)cc(Cl)n1. The number of nitrogens with zero attached hydrogens (tertiary/aromatic N) is 4. The van der Waals surface area contributed by atoms with Gasteiger partial charge in [-0.15, -0.1) is 0 Å². The zero-order valence-corrected chi connectivity index (χ0v) is 15.1. The van der Waals surface area contributed by atoms with E-state index in [2.05, 4.69) is 20.2 Å². The smallest absolute Gasteiger partial charge is 0.321 e. The molecule has 1 aliphatic heterocycles. The van der Waals surface area contributed by atoms with Crippen LogP contribution in [0.5, 0.6) is 5.88 Å². The van der Waals surface area contributed by atoms with E-state index >= 15 is 0 Å². The summed E-state index contributed by atoms with van der Waals surface area (Å²) in [6.07, 6.45) is 3.33. The predicted octanol–water partition coefficient (Wildman–Crippen LogP) is 3.15. The van der Waals surface area contributed by atoms with Gasteiger partial charge in [0, 0.05) is 44.6 Å². The summed E-state index contributed by atoms with van der Waals surface area (Å²) < 4.78 is 5.05. The van der Waals surface area contributed by atoms with Crippen LogP contribution in [0, 0.1) is 0 Å². The van der Waals surface area contributed by atoms with Crippen molar-refractivity contribution in [2.75, 3.05) is 43.5 Å². The maximum atomic E-state index is 12.4. The lowest BCUT2D eigenvalue weighted by Crippen LogP contribution is -2.50. The largest absolute Gasteiger partial charge is 0.481 e. The number of ether oxygens (including phenoxy) is 1. The van der Waals surface area contributed by atoms with Gasteiger partial charge in [0.15, 0.2) is 0 Å². The fraction of sp³-hybridized carbons (Fsp3) is 0.312. The maximum absolute atomic E-state index is 12.4. The molecule has 0 saturated carbocycles. The van der Waals surface area contributed by atoms with Gasteiger partial charge in [0.2, 0.25) is 5.88 Å². The summed E-state index contributed by atoms with van der Waals surface area (Å²) in [4.78, 5) is 24.3. The molecule has 2 aromatic rings. The molecule has 2 aromatic heterocycles. The molecule has 0 aliphatic carbocycles. The first-order valence-electron chi connectivity index (χ1n) is 7.69. The Kier molecular flexibility index (Phi) is 5.45. The summed E-state index contributed by atoms with van der Waals surface area (Å²) in [5.74, 6) is 0.347. The number of rotatable bonds is 3. The van der Waals surface area contributed by atoms with Crippen LogP contribution in [0.3, 0.4) is 0 Å². The third-order valence-electron chi connectivity index (χ3n) is 3.89. The normalized spacial score (nSPS) is 14.4. The Balaban J connectivity index is 1.60. The van der Waals surface area contributed by atoms with Crippen LogP contribution in [-0.4, -0.2) is 54.2 Å². The first kappa shape index (κ1) is 17.6. The molecule has 3 rings (SSSR count). The van der Waals surface area contributed by atoms with Gasteiger partial charge in [0.25, 0.3) is 0 Å². The molecule has 25 heavy (non-hydrogen) atoms. The summed E-state index contributed by atoms with van der Waals surface area (Å²) >= 11 is 12.1. The van der Waals surface area contributed by atoms with Crippen molar-refractivity contribution in [3.63, 3.8) is 0 Å². The van der Waals surface area contributed by atoms with Crippen LogP contribution in [0.2, 0.25) is 10.2 Å². The predicted molar refractivity (Wildman–Crippen MR) is 97.9 cm³/mol. The number of anilines is 2. The molecule has 7 nitrogen and oxygen atoms in total. The van der Waals surface area contributed by atoms with Crippen LogP contribution in [0.1, 0.15) is 0 Å². The van der Waals surface area contributed by atoms with Gasteiger partial charge in [-0.2, -0.15) is 0 Å². The molecule has 9 heteroatoms. The van der Waals surface area contributed by atoms with E-state index in [-0.39, 0.29) is 11.2 Å². The summed E-state index contributed by atoms with van der Waals surface area (Å²) in [6, 6.07) is 4.89. The Morgan fingerprint density at radius 3 is 2.68 bits per heavy atom. The van der Waals surface area contributed by atoms with Crippen molar-refractivity contribution in [2.45, 2.75) is 0 Å². The van der Waals surface area contributed by atoms with E-state index in [0.29, 0.717) is 42.8 Å². The van der Waals surface area contributed by atoms with Crippen LogP contribution in [0.4, 0.5) is 16.2 Å². The van der Waals surface area contributed by atoms with E-state index in [0.717, 1.165) is 5.69 Å². The second-order valence-corrected chi connectivity index (χ2v) is 6.25. The average molecular weight is 382 g/mol. The minimum atomic E-state index is -0.190. The Bertz CT molecular complexity index is 766. The zero-order chi connectivity index (χ0) is 17.8. The molecule has 0 spiro atoms. The number of amides is 2. The third kappa shape index (κ3) is 4.24. The quantitative estimate of drug-likeness (QED) is 0.826. The van der Waals surface area contributed by atoms with Crippen molar-refractivity contribution in [3.05, 3.63) is 40.8 Å². The first-order chi connectivity index (χ1) is 12.1. The Morgan fingerprint density at radius 1 is 1.24 bits per heavy atom. The standard InChI is InChI=1S/C16H17Cl2N5O2/c1-25-15-9-11(8-14(18)21-15)20-16(24)23-6-4-22(5-7-23)13-2-3-19-10-12(13)17/h2-3,8-10H,4-7H2,1H3,(H,20,21,24). The van der Waals surface area contributed by atoms with Crippen molar-refractivity contribution in [3.8, 4) is 5.88 Å². The number of piperazine rings is 1. The van der Waals surface area contributed by atoms with Crippen LogP contribution in [0.15, 0.2) is 30.6 Å². The fourth-order valence-electron chi connectivity index (χ4n) is 2.63. The molecular weight excluding hydrogens is 365 g/mol. The number of carbonyl (C=O) groups excluding carboxylic acids is 1. The molecule has 1 fully saturated rings. The highest BCUT2D eigenvalue weighted by atomic mass is 35.5. The monoisotopic (exact) mass is 381 g/mol. The maximum Gasteiger partial charge on any atom is 0.321 e. The minimum Gasteiger partial charge on any atom is -0.481 e. The molecule has 132 valence electrons. The second-order valence-electron chi connectivity index (χ2n) is 5.45. The number of pyridine rings is 2. The molecular formula is C16H17Cl2N5O2. The summed E-state index contributed by atoms with van der Waals surface area (Å²) in [7, 11) is 1.49. The highest BCUT2D eigenvalue weighted by molar-refractivity contribution is 6.33. The van der Waals surface area contributed by atoms with Crippen LogP contribution in [-0.2, 0) is 0 Å². The van der Waals surface area contributed by atoms with E-state index in [1.54, 1.807) is 29.4 Å². The van der Waals surface area contributed by atoms with Crippen LogP contribution < -0.4 is 15.0 Å². The van der Waals surface area contributed by atoms with E-state index in [1.807, 2.05) is 6.07 Å². The summed E-state index contributed by atoms with van der Waals surface area (Å²) in [5.41, 5.74) is 1.48. The average Bonchev–Trinajstić information content (AvgIpc) is 2.61. The molecule has 0 atom stereocenters. The van der Waals surface area contributed by atoms with E-state index < -0.39 is 0 Å². The topological polar surface area (TPSA) is 70.6 Å². The van der Waals surface area contributed by atoms with Gasteiger partial charge in [0.1, 0.15) is 5.15 Å². The Labute approximate surface area is 155 Å². The van der Waals surface area contributed by atoms with Crippen LogP contribution >= 0.6 is 23.2 Å². The fourth-order valence-corrected chi connectivity index (χ4v) is 3.07. The number of halogens is 2. The number of carbonyl (C=O) groups is 1. The third-order valence-corrected chi connectivity index (χ3v) is 4.37. The van der Waals surface area contributed by atoms with E-state index in [1.165, 1.54) is 7.11 Å². The number of nitrogens with one attached hydrogen (secondary N) is 1. The molecule has 2 amide bonds. The lowest BCUT2D eigenvalue weighted by atomic mass is 10.2. The Hall–Kier alpha value is -2.25. The van der Waals surface area contributed by atoms with E-state index in [4.69, 9.17) is 27.9 Å². The van der Waals surface area contributed by atoms with Crippen molar-refractivity contribution < 1.29 is 9.53 Å². The van der Waals surface area contributed by atoms with Gasteiger partial charge >= 0.3 is 6.03 Å². The molecule has 0 radical (unpaired) electrons. The van der Waals surface area contributed by atoms with Crippen LogP contribution in [0.25, 0.3) is 0 Å². The lowest BCUT2D eigenvalue weighted by molar-refractivity contribution is 0.208. The molecule has 0 aromatic carbocycles. The van der Waals surface area contributed by atoms with Gasteiger partial charge in [-0.3, -0.25) is 4.98 Å². The lowest BCUT2D eigenvalue weighted by Gasteiger charge is -2.36. The first-order valence-corrected chi connectivity index (χ1v) is 8.44. The number of hydrogen-bond acceptors (Lipinski definition) is 5. The van der Waals surface area contributed by atoms with E-state index in [9.17, 15) is 4.79 Å². The van der Waals surface area contributed by atoms with Crippen molar-refractivity contribution >= 4 is 40.6 Å². The molecule has 3 heterocycles. The van der Waals surface area contributed by atoms with Crippen molar-refractivity contribution in [2.24, 2.45) is 0 Å². The van der Waals surface area contributed by atoms with Gasteiger partial charge in [-0.1, -0.05) is 23.2 Å². The second kappa shape index (κ2) is 7.76. The van der Waals surface area contributed by atoms with Gasteiger partial charge in [-0.05, 0) is 12.1 Å². The number of urea groups is 1. The highest BCUT2D eigenvalue weighted by Crippen LogP contribution is 2.25. The van der Waals surface area contributed by atoms with Gasteiger partial charge in [0.05, 0.1) is 23.5 Å². The number of methoxy groups -OCH3 is 1. The molecule has 1 aliphatic rings. The zero-order valence-electron chi connectivity index (χ0n) is 13.6. The number of hydrogen-bond donors (Lipinski definition) is 1. The molecule has 1 saturated heterocycles. The van der Waals surface area contributed by atoms with Gasteiger partial charge < -0.3 is 19.9 Å². The van der Waals surface area contributed by atoms with Gasteiger partial charge in [-0.25, -0.2) is 9.78 Å². The Morgan fingerprint density at radius 2 is 2.00 bits per heavy atom. The molecule has 1 N–H and O–H groups in total. The molecule has 0 bridgehead atoms. The number of aromatic nitrogens is 2. The van der Waals surface area contributed by atoms with Crippen molar-refractivity contribution in [1.29, 1.82) is 0 Å². The minimum absolute atomic E-state index is 0.190. The molecule has 0 unspecified atom stereocenters. The van der Waals surface area contributed by atoms with Crippen molar-refractivity contribution in [1.82, 2.24) is 14.9 Å².